The number of hydrogen-bond acceptors (Lipinski definition) is 4. The average Bonchev–Trinajstić information content (AvgIpc) is 2.40. The first-order valence-electron chi connectivity index (χ1n) is 6.45. The lowest BCUT2D eigenvalue weighted by molar-refractivity contribution is 0.0891. The summed E-state index contributed by atoms with van der Waals surface area (Å²) in [6, 6.07) is 5.14. The molecule has 1 amide bonds. The quantitative estimate of drug-likeness (QED) is 0.738. The Balaban J connectivity index is 2.89. The number of ether oxygens (including phenoxy) is 2. The molecule has 1 aromatic carbocycles. The van der Waals surface area contributed by atoms with Crippen molar-refractivity contribution in [3.63, 3.8) is 0 Å². The van der Waals surface area contributed by atoms with Crippen molar-refractivity contribution in [2.75, 3.05) is 26.1 Å². The summed E-state index contributed by atoms with van der Waals surface area (Å²) in [6.45, 7) is 4.79. The van der Waals surface area contributed by atoms with Crippen LogP contribution in [0.1, 0.15) is 30.6 Å². The number of nitrogens with one attached hydrogen (secondary N) is 1. The molecule has 0 bridgehead atoms. The van der Waals surface area contributed by atoms with E-state index in [1.807, 2.05) is 13.8 Å². The van der Waals surface area contributed by atoms with Gasteiger partial charge in [-0.05, 0) is 25.5 Å². The number of hydrogen-bond donors (Lipinski definition) is 2. The number of carbonyl (C=O) groups excluding carboxylic acids is 1. The average molecular weight is 266 g/mol. The molecule has 0 saturated heterocycles. The van der Waals surface area contributed by atoms with Crippen LogP contribution in [-0.4, -0.2) is 32.3 Å². The van der Waals surface area contributed by atoms with Crippen LogP contribution in [0.3, 0.4) is 0 Å². The molecule has 3 N–H and O–H groups in total. The zero-order valence-electron chi connectivity index (χ0n) is 11.7. The molecule has 0 heterocycles. The fraction of sp³-hybridized carbons (Fsp3) is 0.500. The third kappa shape index (κ3) is 4.13. The SMILES string of the molecule is CCOc1c(N)cccc1C(=O)NC(CC)COC. The van der Waals surface area contributed by atoms with Gasteiger partial charge < -0.3 is 20.5 Å². The molecule has 0 aliphatic rings. The van der Waals surface area contributed by atoms with Crippen LogP contribution in [0.2, 0.25) is 0 Å². The number of rotatable bonds is 7. The van der Waals surface area contributed by atoms with Crippen molar-refractivity contribution in [1.82, 2.24) is 5.32 Å². The summed E-state index contributed by atoms with van der Waals surface area (Å²) in [7, 11) is 1.61. The van der Waals surface area contributed by atoms with Crippen molar-refractivity contribution < 1.29 is 14.3 Å². The molecule has 5 nitrogen and oxygen atoms in total. The number of benzene rings is 1. The molecule has 0 aliphatic carbocycles. The summed E-state index contributed by atoms with van der Waals surface area (Å²) in [6.07, 6.45) is 0.797. The van der Waals surface area contributed by atoms with Crippen LogP contribution in [0.5, 0.6) is 5.75 Å². The van der Waals surface area contributed by atoms with E-state index in [-0.39, 0.29) is 11.9 Å². The molecule has 1 rings (SSSR count). The van der Waals surface area contributed by atoms with Crippen LogP contribution in [0.25, 0.3) is 0 Å². The number of nitrogen functional groups attached to an aromatic ring is 1. The number of carbonyl (C=O) groups is 1. The maximum Gasteiger partial charge on any atom is 0.255 e. The number of amides is 1. The zero-order chi connectivity index (χ0) is 14.3. The van der Waals surface area contributed by atoms with Gasteiger partial charge in [-0.15, -0.1) is 0 Å². The molecule has 5 heteroatoms. The van der Waals surface area contributed by atoms with E-state index in [1.165, 1.54) is 0 Å². The van der Waals surface area contributed by atoms with Crippen LogP contribution in [0.4, 0.5) is 5.69 Å². The van der Waals surface area contributed by atoms with E-state index < -0.39 is 0 Å². The monoisotopic (exact) mass is 266 g/mol. The minimum absolute atomic E-state index is 0.0200. The lowest BCUT2D eigenvalue weighted by atomic mass is 10.1. The molecule has 1 unspecified atom stereocenters. The van der Waals surface area contributed by atoms with Gasteiger partial charge in [0.2, 0.25) is 0 Å². The molecular formula is C14H22N2O3. The largest absolute Gasteiger partial charge is 0.491 e. The van der Waals surface area contributed by atoms with E-state index >= 15 is 0 Å². The van der Waals surface area contributed by atoms with Gasteiger partial charge in [-0.1, -0.05) is 13.0 Å². The van der Waals surface area contributed by atoms with E-state index in [1.54, 1.807) is 25.3 Å². The smallest absolute Gasteiger partial charge is 0.255 e. The highest BCUT2D eigenvalue weighted by Gasteiger charge is 2.17. The first-order valence-corrected chi connectivity index (χ1v) is 6.45. The maximum absolute atomic E-state index is 12.2. The van der Waals surface area contributed by atoms with Gasteiger partial charge in [0, 0.05) is 7.11 Å². The third-order valence-electron chi connectivity index (χ3n) is 2.77. The van der Waals surface area contributed by atoms with Crippen molar-refractivity contribution in [1.29, 1.82) is 0 Å². The van der Waals surface area contributed by atoms with Crippen molar-refractivity contribution in [3.8, 4) is 5.75 Å². The van der Waals surface area contributed by atoms with Crippen LogP contribution in [-0.2, 0) is 4.74 Å². The van der Waals surface area contributed by atoms with Crippen LogP contribution in [0.15, 0.2) is 18.2 Å². The molecule has 0 spiro atoms. The van der Waals surface area contributed by atoms with Gasteiger partial charge in [-0.2, -0.15) is 0 Å². The summed E-state index contributed by atoms with van der Waals surface area (Å²) < 4.78 is 10.5. The molecule has 106 valence electrons. The Bertz CT molecular complexity index is 421. The normalized spacial score (nSPS) is 11.9. The van der Waals surface area contributed by atoms with Crippen molar-refractivity contribution in [3.05, 3.63) is 23.8 Å². The van der Waals surface area contributed by atoms with E-state index in [2.05, 4.69) is 5.32 Å². The van der Waals surface area contributed by atoms with Crippen molar-refractivity contribution in [2.24, 2.45) is 0 Å². The summed E-state index contributed by atoms with van der Waals surface area (Å²) in [5.41, 5.74) is 6.76. The first-order chi connectivity index (χ1) is 9.13. The lowest BCUT2D eigenvalue weighted by Crippen LogP contribution is -2.37. The van der Waals surface area contributed by atoms with Gasteiger partial charge in [0.05, 0.1) is 30.5 Å². The van der Waals surface area contributed by atoms with Crippen LogP contribution < -0.4 is 15.8 Å². The fourth-order valence-electron chi connectivity index (χ4n) is 1.77. The second-order valence-corrected chi connectivity index (χ2v) is 4.19. The molecule has 0 radical (unpaired) electrons. The Morgan fingerprint density at radius 2 is 2.16 bits per heavy atom. The number of para-hydroxylation sites is 1. The van der Waals surface area contributed by atoms with Crippen molar-refractivity contribution in [2.45, 2.75) is 26.3 Å². The second-order valence-electron chi connectivity index (χ2n) is 4.19. The topological polar surface area (TPSA) is 73.6 Å². The molecule has 19 heavy (non-hydrogen) atoms. The Labute approximate surface area is 114 Å². The molecule has 0 fully saturated rings. The lowest BCUT2D eigenvalue weighted by Gasteiger charge is -2.18. The van der Waals surface area contributed by atoms with Gasteiger partial charge in [0.1, 0.15) is 0 Å². The van der Waals surface area contributed by atoms with Gasteiger partial charge >= 0.3 is 0 Å². The summed E-state index contributed by atoms with van der Waals surface area (Å²) >= 11 is 0. The van der Waals surface area contributed by atoms with Gasteiger partial charge in [0.15, 0.2) is 5.75 Å². The molecular weight excluding hydrogens is 244 g/mol. The number of anilines is 1. The minimum Gasteiger partial charge on any atom is -0.491 e. The molecule has 1 aromatic rings. The third-order valence-corrected chi connectivity index (χ3v) is 2.77. The minimum atomic E-state index is -0.195. The molecule has 1 atom stereocenters. The maximum atomic E-state index is 12.2. The van der Waals surface area contributed by atoms with Crippen molar-refractivity contribution >= 4 is 11.6 Å². The zero-order valence-corrected chi connectivity index (χ0v) is 11.7. The summed E-state index contributed by atoms with van der Waals surface area (Å²) in [5, 5.41) is 2.91. The number of nitrogens with two attached hydrogens (primary N) is 1. The Morgan fingerprint density at radius 1 is 1.42 bits per heavy atom. The van der Waals surface area contributed by atoms with E-state index in [0.29, 0.717) is 30.2 Å². The Morgan fingerprint density at radius 3 is 2.74 bits per heavy atom. The number of methoxy groups -OCH3 is 1. The Hall–Kier alpha value is -1.75. The second kappa shape index (κ2) is 7.63. The van der Waals surface area contributed by atoms with Crippen LogP contribution >= 0.6 is 0 Å². The van der Waals surface area contributed by atoms with Gasteiger partial charge in [0.25, 0.3) is 5.91 Å². The predicted molar refractivity (Wildman–Crippen MR) is 75.4 cm³/mol. The highest BCUT2D eigenvalue weighted by atomic mass is 16.5. The molecule has 0 aliphatic heterocycles. The molecule has 0 saturated carbocycles. The summed E-state index contributed by atoms with van der Waals surface area (Å²) in [5.74, 6) is 0.245. The standard InChI is InChI=1S/C14H22N2O3/c1-4-10(9-18-3)16-14(17)11-7-6-8-12(15)13(11)19-5-2/h6-8,10H,4-5,9,15H2,1-3H3,(H,16,17). The van der Waals surface area contributed by atoms with E-state index in [9.17, 15) is 4.79 Å². The van der Waals surface area contributed by atoms with E-state index in [4.69, 9.17) is 15.2 Å². The van der Waals surface area contributed by atoms with E-state index in [0.717, 1.165) is 6.42 Å². The van der Waals surface area contributed by atoms with Gasteiger partial charge in [-0.25, -0.2) is 0 Å². The Kier molecular flexibility index (Phi) is 6.15. The highest BCUT2D eigenvalue weighted by Crippen LogP contribution is 2.26. The fourth-order valence-corrected chi connectivity index (χ4v) is 1.77. The van der Waals surface area contributed by atoms with Gasteiger partial charge in [-0.3, -0.25) is 4.79 Å². The van der Waals surface area contributed by atoms with Crippen LogP contribution in [0, 0.1) is 0 Å². The highest BCUT2D eigenvalue weighted by molar-refractivity contribution is 5.98. The summed E-state index contributed by atoms with van der Waals surface area (Å²) in [4.78, 5) is 12.2. The predicted octanol–water partition coefficient (Wildman–Crippen LogP) is 1.82. The first kappa shape index (κ1) is 15.3. The molecule has 0 aromatic heterocycles.